The SMILES string of the molecule is Cc1csc(NC(=O)CN2CCCC2c2cccc(Cl)c2)n1. The van der Waals surface area contributed by atoms with E-state index in [0.717, 1.165) is 30.1 Å². The number of aromatic nitrogens is 1. The average molecular weight is 336 g/mol. The molecule has 6 heteroatoms. The maximum absolute atomic E-state index is 12.2. The number of anilines is 1. The number of benzene rings is 1. The molecule has 1 saturated heterocycles. The van der Waals surface area contributed by atoms with Gasteiger partial charge in [-0.05, 0) is 44.0 Å². The number of halogens is 1. The van der Waals surface area contributed by atoms with Gasteiger partial charge < -0.3 is 5.32 Å². The van der Waals surface area contributed by atoms with Crippen molar-refractivity contribution >= 4 is 34.0 Å². The Hall–Kier alpha value is -1.43. The summed E-state index contributed by atoms with van der Waals surface area (Å²) in [6.45, 7) is 3.24. The van der Waals surface area contributed by atoms with Gasteiger partial charge in [0.15, 0.2) is 5.13 Å². The van der Waals surface area contributed by atoms with E-state index in [2.05, 4.69) is 21.3 Å². The molecule has 1 fully saturated rings. The van der Waals surface area contributed by atoms with Gasteiger partial charge in [0.25, 0.3) is 0 Å². The predicted octanol–water partition coefficient (Wildman–Crippen LogP) is 3.88. The number of carbonyl (C=O) groups is 1. The Morgan fingerprint density at radius 2 is 2.41 bits per heavy atom. The monoisotopic (exact) mass is 335 g/mol. The molecule has 1 aliphatic rings. The molecule has 4 nitrogen and oxygen atoms in total. The van der Waals surface area contributed by atoms with Crippen molar-refractivity contribution in [2.75, 3.05) is 18.4 Å². The van der Waals surface area contributed by atoms with Crippen molar-refractivity contribution in [1.29, 1.82) is 0 Å². The quantitative estimate of drug-likeness (QED) is 0.922. The maximum Gasteiger partial charge on any atom is 0.240 e. The van der Waals surface area contributed by atoms with E-state index in [9.17, 15) is 4.79 Å². The number of thiazole rings is 1. The number of hydrogen-bond acceptors (Lipinski definition) is 4. The lowest BCUT2D eigenvalue weighted by Crippen LogP contribution is -2.32. The zero-order valence-electron chi connectivity index (χ0n) is 12.4. The Bertz CT molecular complexity index is 673. The molecule has 1 aliphatic heterocycles. The minimum absolute atomic E-state index is 0.0109. The number of hydrogen-bond donors (Lipinski definition) is 1. The van der Waals surface area contributed by atoms with Crippen LogP contribution < -0.4 is 5.32 Å². The molecule has 1 aromatic heterocycles. The molecule has 22 heavy (non-hydrogen) atoms. The summed E-state index contributed by atoms with van der Waals surface area (Å²) >= 11 is 7.54. The van der Waals surface area contributed by atoms with Gasteiger partial charge >= 0.3 is 0 Å². The van der Waals surface area contributed by atoms with Gasteiger partial charge in [-0.15, -0.1) is 11.3 Å². The Balaban J connectivity index is 1.64. The first kappa shape index (κ1) is 15.5. The van der Waals surface area contributed by atoms with Gasteiger partial charge in [-0.25, -0.2) is 4.98 Å². The summed E-state index contributed by atoms with van der Waals surface area (Å²) in [6, 6.07) is 8.18. The second-order valence-electron chi connectivity index (χ2n) is 5.53. The fourth-order valence-electron chi connectivity index (χ4n) is 2.86. The molecule has 2 heterocycles. The lowest BCUT2D eigenvalue weighted by molar-refractivity contribution is -0.117. The van der Waals surface area contributed by atoms with E-state index < -0.39 is 0 Å². The van der Waals surface area contributed by atoms with Crippen LogP contribution in [0.4, 0.5) is 5.13 Å². The van der Waals surface area contributed by atoms with Crippen LogP contribution in [-0.2, 0) is 4.79 Å². The maximum atomic E-state index is 12.2. The smallest absolute Gasteiger partial charge is 0.240 e. The summed E-state index contributed by atoms with van der Waals surface area (Å²) in [4.78, 5) is 18.7. The van der Waals surface area contributed by atoms with Crippen LogP contribution in [0.2, 0.25) is 5.02 Å². The zero-order valence-corrected chi connectivity index (χ0v) is 14.0. The molecule has 1 unspecified atom stereocenters. The van der Waals surface area contributed by atoms with E-state index in [4.69, 9.17) is 11.6 Å². The van der Waals surface area contributed by atoms with Crippen LogP contribution in [0.25, 0.3) is 0 Å². The number of nitrogens with zero attached hydrogens (tertiary/aromatic N) is 2. The van der Waals surface area contributed by atoms with Gasteiger partial charge in [0.2, 0.25) is 5.91 Å². The first-order valence-corrected chi connectivity index (χ1v) is 8.59. The van der Waals surface area contributed by atoms with Crippen molar-refractivity contribution in [2.45, 2.75) is 25.8 Å². The molecular formula is C16H18ClN3OS. The number of carbonyl (C=O) groups excluding carboxylic acids is 1. The summed E-state index contributed by atoms with van der Waals surface area (Å²) in [5.41, 5.74) is 2.11. The summed E-state index contributed by atoms with van der Waals surface area (Å²) < 4.78 is 0. The van der Waals surface area contributed by atoms with Gasteiger partial charge in [0.1, 0.15) is 0 Å². The molecule has 116 valence electrons. The lowest BCUT2D eigenvalue weighted by Gasteiger charge is -2.24. The van der Waals surface area contributed by atoms with Crippen LogP contribution in [0.1, 0.15) is 30.1 Å². The molecule has 1 atom stereocenters. The van der Waals surface area contributed by atoms with E-state index in [1.54, 1.807) is 0 Å². The van der Waals surface area contributed by atoms with Crippen molar-refractivity contribution in [1.82, 2.24) is 9.88 Å². The number of amides is 1. The van der Waals surface area contributed by atoms with Crippen LogP contribution in [0.15, 0.2) is 29.6 Å². The average Bonchev–Trinajstić information content (AvgIpc) is 3.08. The Morgan fingerprint density at radius 1 is 1.55 bits per heavy atom. The normalized spacial score (nSPS) is 18.5. The number of rotatable bonds is 4. The van der Waals surface area contributed by atoms with Gasteiger partial charge in [0, 0.05) is 16.4 Å². The van der Waals surface area contributed by atoms with Gasteiger partial charge in [-0.2, -0.15) is 0 Å². The Labute approximate surface area is 139 Å². The molecule has 1 N–H and O–H groups in total. The van der Waals surface area contributed by atoms with E-state index in [-0.39, 0.29) is 11.9 Å². The molecule has 0 bridgehead atoms. The highest BCUT2D eigenvalue weighted by molar-refractivity contribution is 7.13. The van der Waals surface area contributed by atoms with Crippen molar-refractivity contribution in [3.8, 4) is 0 Å². The minimum atomic E-state index is -0.0109. The summed E-state index contributed by atoms with van der Waals surface area (Å²) in [7, 11) is 0. The van der Waals surface area contributed by atoms with E-state index >= 15 is 0 Å². The number of likely N-dealkylation sites (tertiary alicyclic amines) is 1. The van der Waals surface area contributed by atoms with Gasteiger partial charge in [-0.1, -0.05) is 23.7 Å². The van der Waals surface area contributed by atoms with Crippen LogP contribution in [0.3, 0.4) is 0 Å². The predicted molar refractivity (Wildman–Crippen MR) is 90.5 cm³/mol. The van der Waals surface area contributed by atoms with Crippen LogP contribution in [0.5, 0.6) is 0 Å². The second-order valence-corrected chi connectivity index (χ2v) is 6.82. The third-order valence-electron chi connectivity index (χ3n) is 3.81. The molecule has 0 radical (unpaired) electrons. The second kappa shape index (κ2) is 6.77. The highest BCUT2D eigenvalue weighted by atomic mass is 35.5. The van der Waals surface area contributed by atoms with Crippen LogP contribution in [0, 0.1) is 6.92 Å². The summed E-state index contributed by atoms with van der Waals surface area (Å²) in [6.07, 6.45) is 2.16. The Morgan fingerprint density at radius 3 is 3.14 bits per heavy atom. The molecule has 1 amide bonds. The first-order chi connectivity index (χ1) is 10.6. The molecular weight excluding hydrogens is 318 g/mol. The largest absolute Gasteiger partial charge is 0.301 e. The van der Waals surface area contributed by atoms with E-state index in [0.29, 0.717) is 11.7 Å². The summed E-state index contributed by atoms with van der Waals surface area (Å²) in [5.74, 6) is -0.0109. The van der Waals surface area contributed by atoms with E-state index in [1.165, 1.54) is 16.9 Å². The third-order valence-corrected chi connectivity index (χ3v) is 4.92. The van der Waals surface area contributed by atoms with Gasteiger partial charge in [-0.3, -0.25) is 9.69 Å². The standard InChI is InChI=1S/C16H18ClN3OS/c1-11-10-22-16(18-11)19-15(21)9-20-7-3-6-14(20)12-4-2-5-13(17)8-12/h2,4-5,8,10,14H,3,6-7,9H2,1H3,(H,18,19,21). The minimum Gasteiger partial charge on any atom is -0.301 e. The van der Waals surface area contributed by atoms with Crippen molar-refractivity contribution in [2.24, 2.45) is 0 Å². The molecule has 0 saturated carbocycles. The van der Waals surface area contributed by atoms with Crippen LogP contribution in [-0.4, -0.2) is 28.9 Å². The van der Waals surface area contributed by atoms with Crippen molar-refractivity contribution in [3.63, 3.8) is 0 Å². The van der Waals surface area contributed by atoms with Crippen molar-refractivity contribution < 1.29 is 4.79 Å². The highest BCUT2D eigenvalue weighted by Gasteiger charge is 2.27. The highest BCUT2D eigenvalue weighted by Crippen LogP contribution is 2.32. The number of aryl methyl sites for hydroxylation is 1. The summed E-state index contributed by atoms with van der Waals surface area (Å²) in [5, 5.41) is 6.21. The fourth-order valence-corrected chi connectivity index (χ4v) is 3.76. The number of nitrogens with one attached hydrogen (secondary N) is 1. The van der Waals surface area contributed by atoms with E-state index in [1.807, 2.05) is 30.5 Å². The molecule has 0 aliphatic carbocycles. The fraction of sp³-hybridized carbons (Fsp3) is 0.375. The van der Waals surface area contributed by atoms with Gasteiger partial charge in [0.05, 0.1) is 12.2 Å². The lowest BCUT2D eigenvalue weighted by atomic mass is 10.0. The third kappa shape index (κ3) is 3.66. The molecule has 1 aromatic carbocycles. The topological polar surface area (TPSA) is 45.2 Å². The molecule has 3 rings (SSSR count). The first-order valence-electron chi connectivity index (χ1n) is 7.33. The molecule has 0 spiro atoms. The zero-order chi connectivity index (χ0) is 15.5. The molecule has 2 aromatic rings. The van der Waals surface area contributed by atoms with Crippen molar-refractivity contribution in [3.05, 3.63) is 45.9 Å². The Kier molecular flexibility index (Phi) is 4.76. The van der Waals surface area contributed by atoms with Crippen LogP contribution >= 0.6 is 22.9 Å².